The van der Waals surface area contributed by atoms with E-state index in [1.165, 1.54) is 0 Å². The highest BCUT2D eigenvalue weighted by Crippen LogP contribution is 2.24. The molecule has 0 unspecified atom stereocenters. The molecular weight excluding hydrogens is 809 g/mol. The van der Waals surface area contributed by atoms with Gasteiger partial charge in [0.15, 0.2) is 5.96 Å². The third kappa shape index (κ3) is 16.9. The maximum atomic E-state index is 13.7. The van der Waals surface area contributed by atoms with Gasteiger partial charge in [0.1, 0.15) is 36.3 Å². The quantitative estimate of drug-likeness (QED) is 0.0335. The lowest BCUT2D eigenvalue weighted by molar-refractivity contribution is -0.145. The number of guanidine groups is 1. The van der Waals surface area contributed by atoms with Gasteiger partial charge in [0.2, 0.25) is 41.4 Å². The first-order valence-corrected chi connectivity index (χ1v) is 20.9. The summed E-state index contributed by atoms with van der Waals surface area (Å²) in [5.74, 6) is -9.84. The zero-order valence-corrected chi connectivity index (χ0v) is 33.3. The van der Waals surface area contributed by atoms with Crippen LogP contribution in [0.15, 0.2) is 0 Å². The number of nitrogens with two attached hydrogens (primary N) is 3. The third-order valence-electron chi connectivity index (χ3n) is 8.80. The average Bonchev–Trinajstić information content (AvgIpc) is 3.67. The van der Waals surface area contributed by atoms with E-state index in [2.05, 4.69) is 37.2 Å². The largest absolute Gasteiger partial charge is 0.481 e. The summed E-state index contributed by atoms with van der Waals surface area (Å²) < 4.78 is 0. The molecule has 2 heterocycles. The molecular formula is C32H54N12O12S2. The smallest absolute Gasteiger partial charge is 0.326 e. The predicted octanol–water partition coefficient (Wildman–Crippen LogP) is -5.82. The number of carbonyl (C=O) groups excluding carboxylic acids is 7. The molecule has 24 nitrogen and oxygen atoms in total. The van der Waals surface area contributed by atoms with Crippen LogP contribution in [0, 0.1) is 5.41 Å². The minimum atomic E-state index is -1.84. The minimum Gasteiger partial charge on any atom is -0.481 e. The Hall–Kier alpha value is -4.92. The maximum Gasteiger partial charge on any atom is 0.326 e. The summed E-state index contributed by atoms with van der Waals surface area (Å²) in [6.45, 7) is -1.27. The summed E-state index contributed by atoms with van der Waals surface area (Å²) in [5, 5.41) is 53.4. The molecule has 0 saturated carbocycles. The third-order valence-corrected chi connectivity index (χ3v) is 11.3. The van der Waals surface area contributed by atoms with Crippen LogP contribution < -0.4 is 54.4 Å². The van der Waals surface area contributed by atoms with E-state index in [0.29, 0.717) is 25.8 Å². The molecule has 7 atom stereocenters. The number of amides is 7. The van der Waals surface area contributed by atoms with E-state index >= 15 is 0 Å². The van der Waals surface area contributed by atoms with Crippen molar-refractivity contribution in [3.8, 4) is 0 Å². The van der Waals surface area contributed by atoms with Gasteiger partial charge in [-0.2, -0.15) is 0 Å². The molecule has 0 aromatic heterocycles. The van der Waals surface area contributed by atoms with Crippen LogP contribution in [0.1, 0.15) is 51.4 Å². The van der Waals surface area contributed by atoms with E-state index in [9.17, 15) is 58.5 Å². The van der Waals surface area contributed by atoms with Crippen molar-refractivity contribution >= 4 is 80.8 Å². The van der Waals surface area contributed by atoms with Gasteiger partial charge in [-0.3, -0.25) is 43.8 Å². The summed E-state index contributed by atoms with van der Waals surface area (Å²) in [6, 6.07) is -10.0. The predicted molar refractivity (Wildman–Crippen MR) is 209 cm³/mol. The van der Waals surface area contributed by atoms with Crippen LogP contribution >= 0.6 is 21.6 Å². The van der Waals surface area contributed by atoms with Crippen LogP contribution in [-0.2, 0) is 43.2 Å². The summed E-state index contributed by atoms with van der Waals surface area (Å²) in [7, 11) is 2.06. The minimum absolute atomic E-state index is 0.0118. The standard InChI is InChI=1S/C32H54N12O12S2/c33-8-2-1-5-18(31(55)56)40-28(52)21-15-58-57-14-16(34)25(49)38-12-23(46)39-17(6-3-9-37-32(35)36)26(50)41-19(11-24(47)48)27(51)42-20(13-45)30(54)44-10-4-7-22(44)29(53)43-21/h16-22,45H,1-15,33-34H2,(H,38,49)(H,39,46)(H,40,52)(H,41,50)(H,42,51)(H,43,53)(H,47,48)(H,55,56)(H4,35,36,37)/t16-,17+,18+,19+,20+,21-,22+/m1/s1. The first kappa shape index (κ1) is 49.2. The number of aliphatic hydroxyl groups is 1. The molecule has 2 aliphatic heterocycles. The number of aliphatic carboxylic acids is 2. The van der Waals surface area contributed by atoms with Crippen molar-refractivity contribution < 1.29 is 58.5 Å². The van der Waals surface area contributed by atoms with E-state index < -0.39 is 115 Å². The monoisotopic (exact) mass is 862 g/mol. The molecule has 2 aliphatic rings. The van der Waals surface area contributed by atoms with Gasteiger partial charge in [-0.15, -0.1) is 0 Å². The number of fused-ring (bicyclic) bond motifs is 1. The first-order valence-electron chi connectivity index (χ1n) is 18.4. The number of nitrogens with one attached hydrogen (secondary N) is 8. The molecule has 0 radical (unpaired) electrons. The van der Waals surface area contributed by atoms with Crippen LogP contribution in [-0.4, -0.2) is 166 Å². The van der Waals surface area contributed by atoms with Crippen molar-refractivity contribution in [1.82, 2.24) is 42.1 Å². The summed E-state index contributed by atoms with van der Waals surface area (Å²) in [5.41, 5.74) is 16.8. The maximum absolute atomic E-state index is 13.7. The van der Waals surface area contributed by atoms with Crippen LogP contribution in [0.3, 0.4) is 0 Å². The van der Waals surface area contributed by atoms with Gasteiger partial charge in [-0.05, 0) is 51.5 Å². The fourth-order valence-corrected chi connectivity index (χ4v) is 8.03. The van der Waals surface area contributed by atoms with Crippen LogP contribution in [0.2, 0.25) is 0 Å². The molecule has 2 fully saturated rings. The van der Waals surface area contributed by atoms with E-state index in [1.54, 1.807) is 0 Å². The molecule has 326 valence electrons. The summed E-state index contributed by atoms with van der Waals surface area (Å²) in [4.78, 5) is 118. The van der Waals surface area contributed by atoms with Crippen molar-refractivity contribution in [2.45, 2.75) is 93.7 Å². The SMILES string of the molecule is N=C(N)NCCC[C@@H]1NC(=O)CNC(=O)[C@H](N)CSSC[C@H](C(=O)N[C@@H](CCCCN)C(=O)O)NC(=O)[C@@H]2CCCN2C(=O)[C@H](CO)NC(=O)[C@H](CC(=O)O)NC1=O. The van der Waals surface area contributed by atoms with Crippen LogP contribution in [0.5, 0.6) is 0 Å². The van der Waals surface area contributed by atoms with Gasteiger partial charge >= 0.3 is 11.9 Å². The molecule has 0 aliphatic carbocycles. The van der Waals surface area contributed by atoms with E-state index in [-0.39, 0.29) is 56.2 Å². The van der Waals surface area contributed by atoms with Crippen molar-refractivity contribution in [3.05, 3.63) is 0 Å². The lowest BCUT2D eigenvalue weighted by Crippen LogP contribution is -2.60. The van der Waals surface area contributed by atoms with Gasteiger partial charge in [-0.1, -0.05) is 21.6 Å². The molecule has 26 heteroatoms. The first-order chi connectivity index (χ1) is 27.5. The number of hydrogen-bond donors (Lipinski definition) is 14. The van der Waals surface area contributed by atoms with Gasteiger partial charge in [0.05, 0.1) is 25.6 Å². The normalized spacial score (nSPS) is 25.1. The second kappa shape index (κ2) is 25.4. The molecule has 58 heavy (non-hydrogen) atoms. The molecule has 2 rings (SSSR count). The zero-order chi connectivity index (χ0) is 43.4. The van der Waals surface area contributed by atoms with Crippen molar-refractivity contribution in [2.75, 3.05) is 44.3 Å². The number of rotatable bonds is 14. The van der Waals surface area contributed by atoms with Crippen molar-refractivity contribution in [1.29, 1.82) is 5.41 Å². The topological polar surface area (TPSA) is 404 Å². The zero-order valence-electron chi connectivity index (χ0n) is 31.7. The lowest BCUT2D eigenvalue weighted by atomic mass is 10.1. The molecule has 17 N–H and O–H groups in total. The van der Waals surface area contributed by atoms with Gasteiger partial charge in [-0.25, -0.2) is 4.79 Å². The molecule has 0 bridgehead atoms. The van der Waals surface area contributed by atoms with Crippen molar-refractivity contribution in [2.24, 2.45) is 17.2 Å². The van der Waals surface area contributed by atoms with Crippen LogP contribution in [0.25, 0.3) is 0 Å². The Morgan fingerprint density at radius 2 is 1.57 bits per heavy atom. The second-order valence-electron chi connectivity index (χ2n) is 13.3. The van der Waals surface area contributed by atoms with E-state index in [1.807, 2.05) is 0 Å². The Bertz CT molecular complexity index is 1510. The Balaban J connectivity index is 2.44. The Morgan fingerprint density at radius 1 is 0.897 bits per heavy atom. The molecule has 7 amide bonds. The Kier molecular flexibility index (Phi) is 21.6. The molecule has 0 aromatic rings. The number of hydrogen-bond acceptors (Lipinski definition) is 15. The Labute approximate surface area is 341 Å². The Morgan fingerprint density at radius 3 is 2.21 bits per heavy atom. The highest BCUT2D eigenvalue weighted by atomic mass is 33.1. The molecule has 2 saturated heterocycles. The van der Waals surface area contributed by atoms with E-state index in [0.717, 1.165) is 26.5 Å². The average molecular weight is 863 g/mol. The number of unbranched alkanes of at least 4 members (excludes halogenated alkanes) is 1. The van der Waals surface area contributed by atoms with E-state index in [4.69, 9.17) is 22.6 Å². The highest BCUT2D eigenvalue weighted by Gasteiger charge is 2.40. The van der Waals surface area contributed by atoms with Gasteiger partial charge < -0.3 is 74.6 Å². The number of carboxylic acids is 2. The summed E-state index contributed by atoms with van der Waals surface area (Å²) >= 11 is 0. The van der Waals surface area contributed by atoms with Gasteiger partial charge in [0, 0.05) is 24.6 Å². The number of carboxylic acid groups (broad SMARTS) is 2. The molecule has 0 spiro atoms. The fourth-order valence-electron chi connectivity index (χ4n) is 5.75. The molecule has 0 aromatic carbocycles. The number of nitrogens with zero attached hydrogens (tertiary/aromatic N) is 1. The summed E-state index contributed by atoms with van der Waals surface area (Å²) in [6.07, 6.45) is 0.390. The van der Waals surface area contributed by atoms with Crippen LogP contribution in [0.4, 0.5) is 0 Å². The van der Waals surface area contributed by atoms with Crippen molar-refractivity contribution in [3.63, 3.8) is 0 Å². The fraction of sp³-hybridized carbons (Fsp3) is 0.688. The highest BCUT2D eigenvalue weighted by molar-refractivity contribution is 8.76. The van der Waals surface area contributed by atoms with Gasteiger partial charge in [0.25, 0.3) is 0 Å². The number of aliphatic hydroxyl groups excluding tert-OH is 1. The lowest BCUT2D eigenvalue weighted by Gasteiger charge is -2.30. The number of carbonyl (C=O) groups is 9. The second-order valence-corrected chi connectivity index (χ2v) is 15.9.